The van der Waals surface area contributed by atoms with E-state index in [0.29, 0.717) is 12.8 Å². The maximum absolute atomic E-state index is 12.2. The number of hydrogen-bond acceptors (Lipinski definition) is 5. The summed E-state index contributed by atoms with van der Waals surface area (Å²) in [6, 6.07) is 0. The second-order valence-corrected chi connectivity index (χ2v) is 19.0. The predicted octanol–water partition coefficient (Wildman–Crippen LogP) is 18.9. The van der Waals surface area contributed by atoms with Crippen molar-refractivity contribution >= 4 is 11.9 Å². The number of hydrogen-bond donors (Lipinski definition) is 1. The summed E-state index contributed by atoms with van der Waals surface area (Å²) in [6.45, 7) is 4.02. The van der Waals surface area contributed by atoms with Crippen LogP contribution >= 0.6 is 0 Å². The Balaban J connectivity index is 3.37. The van der Waals surface area contributed by atoms with Crippen LogP contribution in [0.1, 0.15) is 296 Å². The Kier molecular flexibility index (Phi) is 53.3. The van der Waals surface area contributed by atoms with E-state index >= 15 is 0 Å². The zero-order chi connectivity index (χ0) is 46.3. The lowest BCUT2D eigenvalue weighted by atomic mass is 10.0. The number of carbonyl (C=O) groups is 2. The largest absolute Gasteiger partial charge is 0.462 e. The van der Waals surface area contributed by atoms with Crippen LogP contribution in [0.2, 0.25) is 0 Å². The summed E-state index contributed by atoms with van der Waals surface area (Å²) in [5, 5.41) is 9.60. The summed E-state index contributed by atoms with van der Waals surface area (Å²) in [6.07, 6.45) is 72.6. The molecule has 1 N–H and O–H groups in total. The third-order valence-corrected chi connectivity index (χ3v) is 12.6. The van der Waals surface area contributed by atoms with Gasteiger partial charge in [-0.25, -0.2) is 0 Å². The van der Waals surface area contributed by atoms with Gasteiger partial charge in [0.1, 0.15) is 6.61 Å². The number of aliphatic hydroxyl groups is 1. The van der Waals surface area contributed by atoms with Crippen molar-refractivity contribution in [1.82, 2.24) is 0 Å². The first-order valence-corrected chi connectivity index (χ1v) is 28.2. The van der Waals surface area contributed by atoms with E-state index in [1.54, 1.807) is 0 Å². The topological polar surface area (TPSA) is 72.8 Å². The van der Waals surface area contributed by atoms with Crippen molar-refractivity contribution in [2.24, 2.45) is 0 Å². The van der Waals surface area contributed by atoms with Crippen molar-refractivity contribution in [3.8, 4) is 0 Å². The Morgan fingerprint density at radius 1 is 0.375 bits per heavy atom. The van der Waals surface area contributed by atoms with E-state index in [4.69, 9.17) is 9.47 Å². The van der Waals surface area contributed by atoms with Crippen LogP contribution in [-0.4, -0.2) is 36.4 Å². The molecule has 0 rings (SSSR count). The molecule has 0 fully saturated rings. The van der Waals surface area contributed by atoms with Gasteiger partial charge in [-0.1, -0.05) is 262 Å². The van der Waals surface area contributed by atoms with Gasteiger partial charge in [0.25, 0.3) is 0 Å². The molecule has 0 aromatic rings. The van der Waals surface area contributed by atoms with Crippen LogP contribution in [0.4, 0.5) is 0 Å². The van der Waals surface area contributed by atoms with Gasteiger partial charge < -0.3 is 14.6 Å². The van der Waals surface area contributed by atoms with Gasteiger partial charge in [0.15, 0.2) is 6.10 Å². The van der Waals surface area contributed by atoms with Crippen LogP contribution in [0.3, 0.4) is 0 Å². The van der Waals surface area contributed by atoms with E-state index in [-0.39, 0.29) is 25.2 Å². The third kappa shape index (κ3) is 52.5. The second kappa shape index (κ2) is 55.2. The highest BCUT2D eigenvalue weighted by Crippen LogP contribution is 2.17. The van der Waals surface area contributed by atoms with Crippen LogP contribution in [0.25, 0.3) is 0 Å². The van der Waals surface area contributed by atoms with E-state index in [1.165, 1.54) is 205 Å². The summed E-state index contributed by atoms with van der Waals surface area (Å²) in [5.74, 6) is -0.615. The van der Waals surface area contributed by atoms with Crippen molar-refractivity contribution in [2.75, 3.05) is 13.2 Å². The average molecular weight is 898 g/mol. The molecule has 0 saturated carbocycles. The highest BCUT2D eigenvalue weighted by molar-refractivity contribution is 5.70. The van der Waals surface area contributed by atoms with Gasteiger partial charge in [-0.2, -0.15) is 0 Å². The van der Waals surface area contributed by atoms with Crippen molar-refractivity contribution in [1.29, 1.82) is 0 Å². The minimum Gasteiger partial charge on any atom is -0.462 e. The van der Waals surface area contributed by atoms with Crippen LogP contribution < -0.4 is 0 Å². The minimum atomic E-state index is -0.786. The second-order valence-electron chi connectivity index (χ2n) is 19.0. The lowest BCUT2D eigenvalue weighted by Crippen LogP contribution is -2.28. The third-order valence-electron chi connectivity index (χ3n) is 12.6. The molecule has 0 heterocycles. The minimum absolute atomic E-state index is 0.0755. The van der Waals surface area contributed by atoms with E-state index < -0.39 is 6.10 Å². The molecule has 0 bridgehead atoms. The van der Waals surface area contributed by atoms with E-state index in [9.17, 15) is 14.7 Å². The first kappa shape index (κ1) is 61.9. The Bertz CT molecular complexity index is 1060. The first-order chi connectivity index (χ1) is 31.6. The SMILES string of the molecule is CC/C=C\C/C=C\C/C=C\CCCCCC(=O)OC(CO)COC(=O)CCCCCCCCCCCCCCCCCCCCCCCCCCC/C=C\CCCCCCCCCC. The maximum atomic E-state index is 12.2. The Morgan fingerprint density at radius 2 is 0.672 bits per heavy atom. The molecule has 0 aliphatic carbocycles. The number of esters is 2. The number of allylic oxidation sites excluding steroid dienone is 8. The Morgan fingerprint density at radius 3 is 1.05 bits per heavy atom. The summed E-state index contributed by atoms with van der Waals surface area (Å²) in [7, 11) is 0. The van der Waals surface area contributed by atoms with Crippen LogP contribution in [0, 0.1) is 0 Å². The predicted molar refractivity (Wildman–Crippen MR) is 279 cm³/mol. The van der Waals surface area contributed by atoms with Crippen molar-refractivity contribution in [3.05, 3.63) is 48.6 Å². The summed E-state index contributed by atoms with van der Waals surface area (Å²) >= 11 is 0. The quantitative estimate of drug-likeness (QED) is 0.0374. The molecule has 64 heavy (non-hydrogen) atoms. The molecule has 5 heteroatoms. The normalized spacial score (nSPS) is 12.5. The van der Waals surface area contributed by atoms with Crippen molar-refractivity contribution in [3.63, 3.8) is 0 Å². The average Bonchev–Trinajstić information content (AvgIpc) is 3.30. The molecule has 374 valence electrons. The monoisotopic (exact) mass is 897 g/mol. The van der Waals surface area contributed by atoms with E-state index in [1.807, 2.05) is 0 Å². The van der Waals surface area contributed by atoms with Crippen LogP contribution in [0.5, 0.6) is 0 Å². The van der Waals surface area contributed by atoms with Gasteiger partial charge in [-0.15, -0.1) is 0 Å². The Labute approximate surface area is 398 Å². The van der Waals surface area contributed by atoms with Gasteiger partial charge in [0, 0.05) is 12.8 Å². The zero-order valence-corrected chi connectivity index (χ0v) is 42.8. The molecule has 0 amide bonds. The molecule has 0 saturated heterocycles. The van der Waals surface area contributed by atoms with E-state index in [2.05, 4.69) is 62.5 Å². The molecule has 0 radical (unpaired) electrons. The van der Waals surface area contributed by atoms with Gasteiger partial charge in [0.2, 0.25) is 0 Å². The molecule has 0 spiro atoms. The van der Waals surface area contributed by atoms with Crippen LogP contribution in [-0.2, 0) is 19.1 Å². The Hall–Kier alpha value is -2.14. The molecule has 1 atom stereocenters. The molecule has 0 aliphatic rings. The molecular formula is C59H108O5. The van der Waals surface area contributed by atoms with Gasteiger partial charge in [0.05, 0.1) is 6.61 Å². The standard InChI is InChI=1S/C59H108O5/c1-3-5-7-9-11-13-15-17-18-19-20-21-22-23-24-25-26-27-28-29-30-31-32-33-34-35-36-37-38-39-40-42-43-45-47-49-51-53-58(61)63-56-57(55-60)64-59(62)54-52-50-48-46-44-41-16-14-12-10-8-6-4-2/h6,8,12,14,19-20,41,44,57,60H,3-5,7,9-11,13,15-18,21-40,42-43,45-56H2,1-2H3/b8-6-,14-12-,20-19-,44-41-. The molecule has 0 aromatic carbocycles. The highest BCUT2D eigenvalue weighted by atomic mass is 16.6. The zero-order valence-electron chi connectivity index (χ0n) is 42.8. The number of carbonyl (C=O) groups excluding carboxylic acids is 2. The lowest BCUT2D eigenvalue weighted by Gasteiger charge is -2.15. The maximum Gasteiger partial charge on any atom is 0.306 e. The number of rotatable bonds is 52. The number of unbranched alkanes of at least 4 members (excludes halogenated alkanes) is 36. The smallest absolute Gasteiger partial charge is 0.306 e. The fourth-order valence-electron chi connectivity index (χ4n) is 8.39. The first-order valence-electron chi connectivity index (χ1n) is 28.2. The molecule has 0 aliphatic heterocycles. The molecule has 5 nitrogen and oxygen atoms in total. The fourth-order valence-corrected chi connectivity index (χ4v) is 8.39. The summed E-state index contributed by atoms with van der Waals surface area (Å²) in [4.78, 5) is 24.4. The summed E-state index contributed by atoms with van der Waals surface area (Å²) in [5.41, 5.74) is 0. The molecule has 0 aromatic heterocycles. The number of aliphatic hydroxyl groups excluding tert-OH is 1. The summed E-state index contributed by atoms with van der Waals surface area (Å²) < 4.78 is 10.6. The fraction of sp³-hybridized carbons (Fsp3) is 0.831. The molecule has 1 unspecified atom stereocenters. The van der Waals surface area contributed by atoms with E-state index in [0.717, 1.165) is 64.2 Å². The van der Waals surface area contributed by atoms with Gasteiger partial charge >= 0.3 is 11.9 Å². The van der Waals surface area contributed by atoms with Gasteiger partial charge in [-0.3, -0.25) is 9.59 Å². The van der Waals surface area contributed by atoms with Crippen molar-refractivity contribution in [2.45, 2.75) is 302 Å². The molecular weight excluding hydrogens is 789 g/mol. The highest BCUT2D eigenvalue weighted by Gasteiger charge is 2.16. The van der Waals surface area contributed by atoms with Crippen molar-refractivity contribution < 1.29 is 24.2 Å². The number of ether oxygens (including phenoxy) is 2. The van der Waals surface area contributed by atoms with Gasteiger partial charge in [-0.05, 0) is 70.6 Å². The van der Waals surface area contributed by atoms with Crippen LogP contribution in [0.15, 0.2) is 48.6 Å². The lowest BCUT2D eigenvalue weighted by molar-refractivity contribution is -0.161.